The van der Waals surface area contributed by atoms with E-state index >= 15 is 0 Å². The average molecular weight is 357 g/mol. The highest BCUT2D eigenvalue weighted by Gasteiger charge is 2.20. The quantitative estimate of drug-likeness (QED) is 0.582. The van der Waals surface area contributed by atoms with Gasteiger partial charge in [-0.25, -0.2) is 0 Å². The van der Waals surface area contributed by atoms with Crippen LogP contribution in [0.15, 0.2) is 33.6 Å². The van der Waals surface area contributed by atoms with Crippen LogP contribution in [0.25, 0.3) is 0 Å². The van der Waals surface area contributed by atoms with Crippen molar-refractivity contribution in [3.8, 4) is 0 Å². The van der Waals surface area contributed by atoms with Crippen molar-refractivity contribution >= 4 is 33.6 Å². The molecule has 1 fully saturated rings. The number of carbonyl (C=O) groups is 1. The third-order valence-corrected chi connectivity index (χ3v) is 5.46. The SMILES string of the molecule is O=C(NCCCCSc1ccccc1Br)C1CCCN1. The lowest BCUT2D eigenvalue weighted by Crippen LogP contribution is -2.40. The Hall–Kier alpha value is -0.520. The van der Waals surface area contributed by atoms with Crippen molar-refractivity contribution in [1.82, 2.24) is 10.6 Å². The van der Waals surface area contributed by atoms with E-state index in [1.165, 1.54) is 4.90 Å². The number of nitrogens with one attached hydrogen (secondary N) is 2. The second-order valence-electron chi connectivity index (χ2n) is 4.93. The molecule has 0 aromatic heterocycles. The summed E-state index contributed by atoms with van der Waals surface area (Å²) < 4.78 is 1.16. The first-order valence-electron chi connectivity index (χ1n) is 7.16. The molecule has 2 N–H and O–H groups in total. The van der Waals surface area contributed by atoms with Crippen molar-refractivity contribution in [3.05, 3.63) is 28.7 Å². The molecule has 1 saturated heterocycles. The molecule has 1 amide bonds. The zero-order valence-electron chi connectivity index (χ0n) is 11.5. The van der Waals surface area contributed by atoms with Gasteiger partial charge in [-0.15, -0.1) is 11.8 Å². The summed E-state index contributed by atoms with van der Waals surface area (Å²) in [6, 6.07) is 8.33. The van der Waals surface area contributed by atoms with Gasteiger partial charge in [0, 0.05) is 15.9 Å². The van der Waals surface area contributed by atoms with E-state index in [-0.39, 0.29) is 11.9 Å². The van der Waals surface area contributed by atoms with Gasteiger partial charge in [-0.2, -0.15) is 0 Å². The second kappa shape index (κ2) is 8.70. The van der Waals surface area contributed by atoms with Crippen LogP contribution in [-0.4, -0.2) is 30.8 Å². The molecule has 1 aromatic rings. The highest BCUT2D eigenvalue weighted by molar-refractivity contribution is 9.10. The van der Waals surface area contributed by atoms with Crippen molar-refractivity contribution in [2.24, 2.45) is 0 Å². The molecular weight excluding hydrogens is 336 g/mol. The Morgan fingerprint density at radius 2 is 2.25 bits per heavy atom. The lowest BCUT2D eigenvalue weighted by Gasteiger charge is -2.10. The van der Waals surface area contributed by atoms with E-state index in [4.69, 9.17) is 0 Å². The molecule has 0 aliphatic carbocycles. The van der Waals surface area contributed by atoms with Crippen LogP contribution in [0.2, 0.25) is 0 Å². The molecule has 3 nitrogen and oxygen atoms in total. The number of hydrogen-bond donors (Lipinski definition) is 2. The number of benzene rings is 1. The number of unbranched alkanes of at least 4 members (excludes halogenated alkanes) is 1. The Morgan fingerprint density at radius 3 is 3.00 bits per heavy atom. The van der Waals surface area contributed by atoms with Crippen LogP contribution in [0.1, 0.15) is 25.7 Å². The highest BCUT2D eigenvalue weighted by Crippen LogP contribution is 2.27. The fourth-order valence-corrected chi connectivity index (χ4v) is 3.79. The van der Waals surface area contributed by atoms with E-state index in [9.17, 15) is 4.79 Å². The van der Waals surface area contributed by atoms with Gasteiger partial charge >= 0.3 is 0 Å². The minimum absolute atomic E-state index is 0.0460. The van der Waals surface area contributed by atoms with Gasteiger partial charge in [0.15, 0.2) is 0 Å². The number of hydrogen-bond acceptors (Lipinski definition) is 3. The Balaban J connectivity index is 1.53. The van der Waals surface area contributed by atoms with Crippen molar-refractivity contribution in [1.29, 1.82) is 0 Å². The van der Waals surface area contributed by atoms with E-state index in [2.05, 4.69) is 44.8 Å². The monoisotopic (exact) mass is 356 g/mol. The maximum atomic E-state index is 11.8. The fraction of sp³-hybridized carbons (Fsp3) is 0.533. The minimum atomic E-state index is 0.0460. The van der Waals surface area contributed by atoms with Gasteiger partial charge in [0.25, 0.3) is 0 Å². The molecule has 1 aliphatic heterocycles. The van der Waals surface area contributed by atoms with E-state index in [1.54, 1.807) is 0 Å². The summed E-state index contributed by atoms with van der Waals surface area (Å²) in [4.78, 5) is 13.0. The van der Waals surface area contributed by atoms with Crippen molar-refractivity contribution in [3.63, 3.8) is 0 Å². The molecule has 1 heterocycles. The lowest BCUT2D eigenvalue weighted by molar-refractivity contribution is -0.122. The molecule has 1 aliphatic rings. The van der Waals surface area contributed by atoms with Gasteiger partial charge in [-0.05, 0) is 66.0 Å². The van der Waals surface area contributed by atoms with E-state index in [0.717, 1.165) is 49.0 Å². The summed E-state index contributed by atoms with van der Waals surface area (Å²) >= 11 is 5.41. The van der Waals surface area contributed by atoms with E-state index < -0.39 is 0 Å². The molecule has 20 heavy (non-hydrogen) atoms. The molecule has 110 valence electrons. The Morgan fingerprint density at radius 1 is 1.40 bits per heavy atom. The highest BCUT2D eigenvalue weighted by atomic mass is 79.9. The molecule has 0 bridgehead atoms. The van der Waals surface area contributed by atoms with Crippen LogP contribution >= 0.6 is 27.7 Å². The molecular formula is C15H21BrN2OS. The maximum Gasteiger partial charge on any atom is 0.237 e. The van der Waals surface area contributed by atoms with Gasteiger partial charge in [0.2, 0.25) is 5.91 Å². The summed E-state index contributed by atoms with van der Waals surface area (Å²) in [7, 11) is 0. The summed E-state index contributed by atoms with van der Waals surface area (Å²) in [6.07, 6.45) is 4.24. The van der Waals surface area contributed by atoms with Crippen LogP contribution in [0.3, 0.4) is 0 Å². The largest absolute Gasteiger partial charge is 0.355 e. The molecule has 0 saturated carbocycles. The van der Waals surface area contributed by atoms with Gasteiger partial charge in [-0.3, -0.25) is 4.79 Å². The van der Waals surface area contributed by atoms with Gasteiger partial charge in [0.05, 0.1) is 6.04 Å². The molecule has 0 spiro atoms. The summed E-state index contributed by atoms with van der Waals surface area (Å²) in [5.74, 6) is 1.25. The fourth-order valence-electron chi connectivity index (χ4n) is 2.21. The zero-order chi connectivity index (χ0) is 14.2. The third kappa shape index (κ3) is 5.11. The predicted octanol–water partition coefficient (Wildman–Crippen LogP) is 3.19. The van der Waals surface area contributed by atoms with Gasteiger partial charge in [-0.1, -0.05) is 12.1 Å². The summed E-state index contributed by atoms with van der Waals surface area (Å²) in [5, 5.41) is 6.23. The van der Waals surface area contributed by atoms with Crippen molar-refractivity contribution in [2.45, 2.75) is 36.6 Å². The van der Waals surface area contributed by atoms with E-state index in [0.29, 0.717) is 0 Å². The van der Waals surface area contributed by atoms with Crippen LogP contribution < -0.4 is 10.6 Å². The first kappa shape index (κ1) is 15.9. The predicted molar refractivity (Wildman–Crippen MR) is 88.1 cm³/mol. The zero-order valence-corrected chi connectivity index (χ0v) is 13.9. The molecule has 1 unspecified atom stereocenters. The number of thioether (sulfide) groups is 1. The number of amides is 1. The summed E-state index contributed by atoms with van der Waals surface area (Å²) in [5.41, 5.74) is 0. The first-order chi connectivity index (χ1) is 9.77. The molecule has 0 radical (unpaired) electrons. The third-order valence-electron chi connectivity index (χ3n) is 3.34. The Bertz CT molecular complexity index is 436. The number of rotatable bonds is 7. The number of halogens is 1. The lowest BCUT2D eigenvalue weighted by atomic mass is 10.2. The smallest absolute Gasteiger partial charge is 0.237 e. The van der Waals surface area contributed by atoms with Gasteiger partial charge in [0.1, 0.15) is 0 Å². The van der Waals surface area contributed by atoms with Crippen LogP contribution in [0.4, 0.5) is 0 Å². The maximum absolute atomic E-state index is 11.8. The minimum Gasteiger partial charge on any atom is -0.355 e. The Labute approximate surface area is 133 Å². The average Bonchev–Trinajstić information content (AvgIpc) is 2.98. The molecule has 5 heteroatoms. The van der Waals surface area contributed by atoms with Gasteiger partial charge < -0.3 is 10.6 Å². The standard InChI is InChI=1S/C15H21BrN2OS/c16-12-6-1-2-8-14(12)20-11-4-3-9-18-15(19)13-7-5-10-17-13/h1-2,6,8,13,17H,3-5,7,9-11H2,(H,18,19). The van der Waals surface area contributed by atoms with Crippen molar-refractivity contribution in [2.75, 3.05) is 18.8 Å². The van der Waals surface area contributed by atoms with Crippen LogP contribution in [0, 0.1) is 0 Å². The first-order valence-corrected chi connectivity index (χ1v) is 8.93. The normalized spacial score (nSPS) is 18.1. The van der Waals surface area contributed by atoms with Crippen molar-refractivity contribution < 1.29 is 4.79 Å². The number of carbonyl (C=O) groups excluding carboxylic acids is 1. The topological polar surface area (TPSA) is 41.1 Å². The molecule has 1 aromatic carbocycles. The second-order valence-corrected chi connectivity index (χ2v) is 6.92. The molecule has 1 atom stereocenters. The Kier molecular flexibility index (Phi) is 6.90. The molecule has 2 rings (SSSR count). The van der Waals surface area contributed by atoms with Crippen LogP contribution in [0.5, 0.6) is 0 Å². The summed E-state index contributed by atoms with van der Waals surface area (Å²) in [6.45, 7) is 1.76. The van der Waals surface area contributed by atoms with Crippen LogP contribution in [-0.2, 0) is 4.79 Å². The van der Waals surface area contributed by atoms with E-state index in [1.807, 2.05) is 17.8 Å².